The lowest BCUT2D eigenvalue weighted by molar-refractivity contribution is -0.120. The van der Waals surface area contributed by atoms with E-state index in [0.717, 1.165) is 17.7 Å². The molecule has 1 atom stereocenters. The molecular weight excluding hydrogens is 461 g/mol. The number of benzene rings is 1. The summed E-state index contributed by atoms with van der Waals surface area (Å²) in [5.74, 6) is 5.07. The molecule has 2 heterocycles. The van der Waals surface area contributed by atoms with Gasteiger partial charge in [0.2, 0.25) is 11.9 Å². The molecule has 0 spiro atoms. The van der Waals surface area contributed by atoms with Gasteiger partial charge in [0, 0.05) is 42.7 Å². The van der Waals surface area contributed by atoms with E-state index in [-0.39, 0.29) is 12.3 Å². The first kappa shape index (κ1) is 25.1. The first-order valence-electron chi connectivity index (χ1n) is 11.8. The lowest BCUT2D eigenvalue weighted by Crippen LogP contribution is -2.46. The Morgan fingerprint density at radius 2 is 2.22 bits per heavy atom. The number of hydrogen-bond donors (Lipinski definition) is 3. The third kappa shape index (κ3) is 5.78. The van der Waals surface area contributed by atoms with E-state index in [0.29, 0.717) is 42.4 Å². The quantitative estimate of drug-likeness (QED) is 0.346. The Kier molecular flexibility index (Phi) is 7.46. The van der Waals surface area contributed by atoms with E-state index in [1.54, 1.807) is 19.2 Å². The molecule has 186 valence electrons. The van der Waals surface area contributed by atoms with E-state index >= 15 is 0 Å². The van der Waals surface area contributed by atoms with Crippen molar-refractivity contribution in [2.45, 2.75) is 50.2 Å². The fourth-order valence-electron chi connectivity index (χ4n) is 4.15. The van der Waals surface area contributed by atoms with Crippen LogP contribution in [0.5, 0.6) is 0 Å². The number of amides is 3. The molecule has 9 heteroatoms. The predicted molar refractivity (Wildman–Crippen MR) is 135 cm³/mol. The molecule has 4 rings (SSSR count). The maximum atomic E-state index is 13.8. The molecule has 1 aromatic heterocycles. The number of aromatic nitrogens is 1. The van der Waals surface area contributed by atoms with Gasteiger partial charge in [-0.25, -0.2) is 14.8 Å². The number of halogens is 1. The van der Waals surface area contributed by atoms with Gasteiger partial charge in [-0.2, -0.15) is 4.39 Å². The van der Waals surface area contributed by atoms with E-state index in [1.807, 2.05) is 18.2 Å². The Labute approximate surface area is 209 Å². The smallest absolute Gasteiger partial charge is 0.341 e. The lowest BCUT2D eigenvalue weighted by Gasteiger charge is -2.30. The van der Waals surface area contributed by atoms with Crippen LogP contribution in [0.15, 0.2) is 53.3 Å². The number of hydrogen-bond acceptors (Lipinski definition) is 5. The van der Waals surface area contributed by atoms with Crippen LogP contribution in [-0.4, -0.2) is 46.9 Å². The second-order valence-electron chi connectivity index (χ2n) is 9.05. The average Bonchev–Trinajstić information content (AvgIpc) is 2.97. The van der Waals surface area contributed by atoms with Gasteiger partial charge in [0.1, 0.15) is 11.6 Å². The number of carbonyl (C=O) groups excluding carboxylic acids is 2. The normalized spacial score (nSPS) is 19.1. The number of aryl methyl sites for hydroxylation is 1. The van der Waals surface area contributed by atoms with Gasteiger partial charge in [-0.15, -0.1) is 0 Å². The molecule has 1 aliphatic heterocycles. The Morgan fingerprint density at radius 1 is 1.42 bits per heavy atom. The molecule has 1 aromatic carbocycles. The van der Waals surface area contributed by atoms with Gasteiger partial charge in [-0.1, -0.05) is 24.0 Å². The van der Waals surface area contributed by atoms with Crippen LogP contribution in [0.4, 0.5) is 14.9 Å². The first-order chi connectivity index (χ1) is 17.3. The Bertz CT molecular complexity index is 1290. The molecule has 0 saturated heterocycles. The zero-order valence-corrected chi connectivity index (χ0v) is 20.0. The van der Waals surface area contributed by atoms with E-state index in [4.69, 9.17) is 5.73 Å². The number of fused-ring (bicyclic) bond motifs is 1. The van der Waals surface area contributed by atoms with Gasteiger partial charge in [0.15, 0.2) is 0 Å². The molecule has 3 amide bonds. The molecule has 1 aliphatic carbocycles. The highest BCUT2D eigenvalue weighted by atomic mass is 19.1. The van der Waals surface area contributed by atoms with E-state index in [9.17, 15) is 19.1 Å². The molecule has 1 saturated carbocycles. The number of rotatable bonds is 4. The summed E-state index contributed by atoms with van der Waals surface area (Å²) < 4.78 is 13.8. The van der Waals surface area contributed by atoms with Crippen LogP contribution < -0.4 is 16.0 Å². The molecular formula is C27H28FN5O3. The Balaban J connectivity index is 1.41. The maximum Gasteiger partial charge on any atom is 0.341 e. The van der Waals surface area contributed by atoms with Crippen LogP contribution in [0.3, 0.4) is 0 Å². The fraction of sp³-hybridized carbons (Fsp3) is 0.333. The average molecular weight is 490 g/mol. The molecule has 4 N–H and O–H groups in total. The number of aliphatic imine (C=N–C) groups is 1. The third-order valence-corrected chi connectivity index (χ3v) is 6.49. The van der Waals surface area contributed by atoms with E-state index < -0.39 is 23.6 Å². The highest BCUT2D eigenvalue weighted by Gasteiger charge is 2.32. The number of pyridine rings is 1. The molecule has 2 aromatic rings. The molecule has 0 bridgehead atoms. The van der Waals surface area contributed by atoms with E-state index in [1.165, 1.54) is 23.5 Å². The van der Waals surface area contributed by atoms with Crippen molar-refractivity contribution < 1.29 is 19.1 Å². The van der Waals surface area contributed by atoms with Crippen molar-refractivity contribution in [3.8, 4) is 11.8 Å². The number of carbonyl (C=O) groups is 2. The number of aliphatic hydroxyl groups is 1. The summed E-state index contributed by atoms with van der Waals surface area (Å²) in [7, 11) is 1.66. The minimum absolute atomic E-state index is 0.121. The van der Waals surface area contributed by atoms with Crippen molar-refractivity contribution in [1.29, 1.82) is 0 Å². The molecule has 2 aliphatic rings. The summed E-state index contributed by atoms with van der Waals surface area (Å²) in [5.41, 5.74) is 7.85. The fourth-order valence-corrected chi connectivity index (χ4v) is 4.15. The molecule has 36 heavy (non-hydrogen) atoms. The van der Waals surface area contributed by atoms with Gasteiger partial charge in [-0.05, 0) is 67.6 Å². The largest absolute Gasteiger partial charge is 0.404 e. The summed E-state index contributed by atoms with van der Waals surface area (Å²) in [5, 5.41) is 12.9. The van der Waals surface area contributed by atoms with Crippen LogP contribution in [0, 0.1) is 17.8 Å². The van der Waals surface area contributed by atoms with Crippen LogP contribution in [0.2, 0.25) is 0 Å². The minimum Gasteiger partial charge on any atom is -0.404 e. The zero-order valence-electron chi connectivity index (χ0n) is 20.0. The van der Waals surface area contributed by atoms with Crippen LogP contribution in [0.1, 0.15) is 42.4 Å². The number of nitrogens with zero attached hydrogens (tertiary/aromatic N) is 3. The topological polar surface area (TPSA) is 121 Å². The van der Waals surface area contributed by atoms with Gasteiger partial charge in [0.25, 0.3) is 0 Å². The summed E-state index contributed by atoms with van der Waals surface area (Å²) in [6.45, 7) is 0. The van der Waals surface area contributed by atoms with E-state index in [2.05, 4.69) is 27.1 Å². The van der Waals surface area contributed by atoms with Gasteiger partial charge in [-0.3, -0.25) is 4.79 Å². The van der Waals surface area contributed by atoms with Crippen molar-refractivity contribution in [2.75, 3.05) is 11.9 Å². The molecule has 8 nitrogen and oxygen atoms in total. The number of urea groups is 1. The highest BCUT2D eigenvalue weighted by Crippen LogP contribution is 2.31. The zero-order chi connectivity index (χ0) is 25.7. The minimum atomic E-state index is -0.907. The number of allylic oxidation sites excluding steroid dienone is 1. The number of nitrogens with two attached hydrogens (primary N) is 1. The molecule has 1 fully saturated rings. The number of nitrogens with one attached hydrogen (secondary N) is 1. The van der Waals surface area contributed by atoms with Gasteiger partial charge >= 0.3 is 6.03 Å². The van der Waals surface area contributed by atoms with Crippen molar-refractivity contribution in [2.24, 2.45) is 10.7 Å². The standard InChI is InChI=1S/C27H28FN5O3/c1-33-23-15-18(9-12-27(36)10-3-11-27)5-6-20(23)7-8-22(25(33)34)32-26(35)31-17-19(16-29)14-21-4-2-13-30-24(21)28/h2,4-6,13,15-17,22,36H,3,7-8,10-11,14,29H2,1H3,(H,32,35)/t22-/m0/s1. The lowest BCUT2D eigenvalue weighted by atomic mass is 9.81. The van der Waals surface area contributed by atoms with Crippen molar-refractivity contribution in [1.82, 2.24) is 10.3 Å². The van der Waals surface area contributed by atoms with Gasteiger partial charge < -0.3 is 21.1 Å². The maximum absolute atomic E-state index is 13.8. The van der Waals surface area contributed by atoms with Crippen LogP contribution in [-0.2, 0) is 17.6 Å². The van der Waals surface area contributed by atoms with Crippen molar-refractivity contribution >= 4 is 23.8 Å². The summed E-state index contributed by atoms with van der Waals surface area (Å²) in [6.07, 6.45) is 7.27. The predicted octanol–water partition coefficient (Wildman–Crippen LogP) is 2.63. The number of likely N-dealkylation sites (N-methyl/N-ethyl adjacent to an activating group) is 1. The summed E-state index contributed by atoms with van der Waals surface area (Å²) >= 11 is 0. The second-order valence-corrected chi connectivity index (χ2v) is 9.05. The first-order valence-corrected chi connectivity index (χ1v) is 11.8. The number of anilines is 1. The SMILES string of the molecule is CN1C(=O)[C@@H](NC(=O)N=CC(=CN)Cc2cccnc2F)CCc2ccc(C#CC3(O)CCC3)cc21. The van der Waals surface area contributed by atoms with Crippen LogP contribution >= 0.6 is 0 Å². The van der Waals surface area contributed by atoms with Crippen molar-refractivity contribution in [3.63, 3.8) is 0 Å². The summed E-state index contributed by atoms with van der Waals surface area (Å²) in [4.78, 5) is 34.5. The molecule has 0 radical (unpaired) electrons. The monoisotopic (exact) mass is 489 g/mol. The van der Waals surface area contributed by atoms with Gasteiger partial charge in [0.05, 0.1) is 0 Å². The third-order valence-electron chi connectivity index (χ3n) is 6.49. The summed E-state index contributed by atoms with van der Waals surface area (Å²) in [6, 6.07) is 7.35. The molecule has 0 unspecified atom stereocenters. The Morgan fingerprint density at radius 3 is 2.92 bits per heavy atom. The Hall–Kier alpha value is -4.03. The van der Waals surface area contributed by atoms with Crippen LogP contribution in [0.25, 0.3) is 0 Å². The highest BCUT2D eigenvalue weighted by molar-refractivity contribution is 6.01. The van der Waals surface area contributed by atoms with Crippen molar-refractivity contribution in [3.05, 3.63) is 70.9 Å². The second kappa shape index (κ2) is 10.7.